The molecule has 2 atom stereocenters. The van der Waals surface area contributed by atoms with Gasteiger partial charge in [-0.3, -0.25) is 4.79 Å². The van der Waals surface area contributed by atoms with Crippen LogP contribution in [-0.4, -0.2) is 41.5 Å². The third kappa shape index (κ3) is 7.46. The summed E-state index contributed by atoms with van der Waals surface area (Å²) in [4.78, 5) is 10.7. The van der Waals surface area contributed by atoms with Crippen LogP contribution in [0, 0.1) is 5.82 Å². The quantitative estimate of drug-likeness (QED) is 0.537. The maximum atomic E-state index is 13.4. The largest absolute Gasteiger partial charge is 0.496 e. The lowest BCUT2D eigenvalue weighted by Gasteiger charge is -2.35. The van der Waals surface area contributed by atoms with E-state index in [0.29, 0.717) is 0 Å². The Hall–Kier alpha value is -1.67. The first-order valence-electron chi connectivity index (χ1n) is 8.51. The zero-order valence-electron chi connectivity index (χ0n) is 16.2. The number of benzene rings is 1. The Kier molecular flexibility index (Phi) is 9.41. The van der Waals surface area contributed by atoms with Crippen LogP contribution in [0.1, 0.15) is 52.5 Å². The van der Waals surface area contributed by atoms with Gasteiger partial charge in [0.1, 0.15) is 11.6 Å². The minimum atomic E-state index is -5.12. The summed E-state index contributed by atoms with van der Waals surface area (Å²) in [7, 11) is 1.29. The summed E-state index contributed by atoms with van der Waals surface area (Å²) in [6.07, 6.45) is -4.70. The van der Waals surface area contributed by atoms with Gasteiger partial charge in [-0.1, -0.05) is 27.2 Å². The summed E-state index contributed by atoms with van der Waals surface area (Å²) < 4.78 is 56.8. The predicted octanol–water partition coefficient (Wildman–Crippen LogP) is 4.16. The molecule has 0 bridgehead atoms. The van der Waals surface area contributed by atoms with Crippen LogP contribution in [-0.2, 0) is 10.2 Å². The summed E-state index contributed by atoms with van der Waals surface area (Å²) in [5.41, 5.74) is -4.72. The van der Waals surface area contributed by atoms with E-state index >= 15 is 0 Å². The Morgan fingerprint density at radius 3 is 2.15 bits per heavy atom. The van der Waals surface area contributed by atoms with E-state index in [9.17, 15) is 27.5 Å². The molecule has 156 valence electrons. The van der Waals surface area contributed by atoms with E-state index in [0.717, 1.165) is 25.0 Å². The maximum Gasteiger partial charge on any atom is 0.424 e. The van der Waals surface area contributed by atoms with E-state index in [4.69, 9.17) is 9.84 Å². The van der Waals surface area contributed by atoms with Gasteiger partial charge in [0.15, 0.2) is 6.29 Å². The number of carbonyl (C=O) groups excluding carboxylic acids is 1. The van der Waals surface area contributed by atoms with Crippen LogP contribution >= 0.6 is 0 Å². The molecule has 0 aliphatic carbocycles. The first-order chi connectivity index (χ1) is 12.2. The van der Waals surface area contributed by atoms with Crippen LogP contribution in [0.25, 0.3) is 0 Å². The Bertz CT molecular complexity index is 600. The number of aliphatic hydroxyl groups is 2. The molecule has 8 heteroatoms. The molecule has 0 heterocycles. The first-order valence-corrected chi connectivity index (χ1v) is 8.51. The molecule has 2 unspecified atom stereocenters. The number of aldehydes is 1. The van der Waals surface area contributed by atoms with Crippen molar-refractivity contribution in [3.63, 3.8) is 0 Å². The van der Waals surface area contributed by atoms with Crippen molar-refractivity contribution in [1.82, 2.24) is 0 Å². The maximum absolute atomic E-state index is 13.4. The number of alkyl halides is 3. The number of ether oxygens (including phenoxy) is 1. The van der Waals surface area contributed by atoms with Crippen molar-refractivity contribution < 1.29 is 37.3 Å². The van der Waals surface area contributed by atoms with E-state index in [1.807, 2.05) is 6.92 Å². The van der Waals surface area contributed by atoms with Crippen LogP contribution in [0.15, 0.2) is 18.2 Å². The van der Waals surface area contributed by atoms with E-state index in [1.165, 1.54) is 27.0 Å². The highest BCUT2D eigenvalue weighted by Gasteiger charge is 2.56. The van der Waals surface area contributed by atoms with Crippen LogP contribution < -0.4 is 4.74 Å². The predicted molar refractivity (Wildman–Crippen MR) is 94.3 cm³/mol. The lowest BCUT2D eigenvalue weighted by molar-refractivity contribution is -0.250. The van der Waals surface area contributed by atoms with Crippen molar-refractivity contribution in [1.29, 1.82) is 0 Å². The molecule has 0 fully saturated rings. The third-order valence-corrected chi connectivity index (χ3v) is 3.99. The molecule has 4 nitrogen and oxygen atoms in total. The molecule has 1 rings (SSSR count). The molecule has 0 aliphatic rings. The standard InChI is InChI=1S/C14H16F4O3.C5H12O/c1-12(2,7-13(20,8-19)14(16,17)18)10-6-9(15)4-5-11(10)21-3;1-3-4-5(2)6/h4-6,8,20H,7H2,1-3H3;5-6H,3-4H2,1-2H3. The fourth-order valence-electron chi connectivity index (χ4n) is 2.60. The van der Waals surface area contributed by atoms with Crippen LogP contribution in [0.4, 0.5) is 17.6 Å². The summed E-state index contributed by atoms with van der Waals surface area (Å²) in [5, 5.41) is 18.1. The lowest BCUT2D eigenvalue weighted by Crippen LogP contribution is -2.50. The minimum Gasteiger partial charge on any atom is -0.496 e. The smallest absolute Gasteiger partial charge is 0.424 e. The van der Waals surface area contributed by atoms with Gasteiger partial charge in [-0.05, 0) is 37.0 Å². The van der Waals surface area contributed by atoms with Crippen LogP contribution in [0.3, 0.4) is 0 Å². The normalized spacial score (nSPS) is 15.2. The summed E-state index contributed by atoms with van der Waals surface area (Å²) >= 11 is 0. The summed E-state index contributed by atoms with van der Waals surface area (Å²) in [6.45, 7) is 6.60. The van der Waals surface area contributed by atoms with Crippen LogP contribution in [0.2, 0.25) is 0 Å². The van der Waals surface area contributed by atoms with Gasteiger partial charge in [-0.2, -0.15) is 13.2 Å². The van der Waals surface area contributed by atoms with Crippen molar-refractivity contribution in [3.8, 4) is 5.75 Å². The summed E-state index contributed by atoms with van der Waals surface area (Å²) in [6, 6.07) is 3.41. The molecule has 0 amide bonds. The number of carbonyl (C=O) groups is 1. The van der Waals surface area contributed by atoms with Crippen molar-refractivity contribution in [3.05, 3.63) is 29.6 Å². The number of hydrogen-bond donors (Lipinski definition) is 2. The Morgan fingerprint density at radius 1 is 1.26 bits per heavy atom. The van der Waals surface area contributed by atoms with E-state index in [-0.39, 0.29) is 17.4 Å². The molecule has 1 aromatic carbocycles. The van der Waals surface area contributed by atoms with E-state index in [1.54, 1.807) is 0 Å². The summed E-state index contributed by atoms with van der Waals surface area (Å²) in [5.74, 6) is -0.475. The Labute approximate surface area is 157 Å². The van der Waals surface area contributed by atoms with Gasteiger partial charge < -0.3 is 14.9 Å². The van der Waals surface area contributed by atoms with Gasteiger partial charge >= 0.3 is 6.18 Å². The SMILES string of the molecule is CCCC(C)O.COc1ccc(F)cc1C(C)(C)CC(O)(C=O)C(F)(F)F. The fourth-order valence-corrected chi connectivity index (χ4v) is 2.60. The highest BCUT2D eigenvalue weighted by Crippen LogP contribution is 2.42. The number of hydrogen-bond acceptors (Lipinski definition) is 4. The van der Waals surface area contributed by atoms with Gasteiger partial charge in [0.25, 0.3) is 0 Å². The van der Waals surface area contributed by atoms with Crippen molar-refractivity contribution >= 4 is 6.29 Å². The number of methoxy groups -OCH3 is 1. The first kappa shape index (κ1) is 25.3. The van der Waals surface area contributed by atoms with Crippen molar-refractivity contribution in [2.24, 2.45) is 0 Å². The highest BCUT2D eigenvalue weighted by atomic mass is 19.4. The number of aliphatic hydroxyl groups excluding tert-OH is 1. The molecule has 1 aromatic rings. The van der Waals surface area contributed by atoms with E-state index < -0.39 is 35.7 Å². The van der Waals surface area contributed by atoms with Gasteiger partial charge in [-0.25, -0.2) is 4.39 Å². The van der Waals surface area contributed by atoms with Gasteiger partial charge in [0, 0.05) is 12.0 Å². The van der Waals surface area contributed by atoms with E-state index in [2.05, 4.69) is 6.92 Å². The Balaban J connectivity index is 0.000000972. The molecule has 0 radical (unpaired) electrons. The van der Waals surface area contributed by atoms with Crippen LogP contribution in [0.5, 0.6) is 5.75 Å². The van der Waals surface area contributed by atoms with Crippen molar-refractivity contribution in [2.75, 3.05) is 7.11 Å². The fraction of sp³-hybridized carbons (Fsp3) is 0.632. The minimum absolute atomic E-state index is 0.102. The second-order valence-electron chi connectivity index (χ2n) is 7.08. The lowest BCUT2D eigenvalue weighted by atomic mass is 9.75. The molecular formula is C19H28F4O4. The highest BCUT2D eigenvalue weighted by molar-refractivity contribution is 5.64. The van der Waals surface area contributed by atoms with Crippen molar-refractivity contribution in [2.45, 2.75) is 70.3 Å². The molecule has 0 saturated carbocycles. The zero-order chi connectivity index (χ0) is 21.5. The molecule has 0 aromatic heterocycles. The Morgan fingerprint density at radius 2 is 1.81 bits per heavy atom. The molecular weight excluding hydrogens is 368 g/mol. The van der Waals surface area contributed by atoms with Gasteiger partial charge in [-0.15, -0.1) is 0 Å². The van der Waals surface area contributed by atoms with Gasteiger partial charge in [0.2, 0.25) is 5.60 Å². The average molecular weight is 396 g/mol. The van der Waals surface area contributed by atoms with Gasteiger partial charge in [0.05, 0.1) is 13.2 Å². The molecule has 0 saturated heterocycles. The average Bonchev–Trinajstić information content (AvgIpc) is 2.53. The third-order valence-electron chi connectivity index (χ3n) is 3.99. The topological polar surface area (TPSA) is 66.8 Å². The molecule has 0 aliphatic heterocycles. The second kappa shape index (κ2) is 10.0. The molecule has 0 spiro atoms. The number of rotatable bonds is 7. The second-order valence-corrected chi connectivity index (χ2v) is 7.08. The number of halogens is 4. The zero-order valence-corrected chi connectivity index (χ0v) is 16.2. The molecule has 2 N–H and O–H groups in total. The monoisotopic (exact) mass is 396 g/mol. The molecule has 27 heavy (non-hydrogen) atoms.